The molecule has 0 unspecified atom stereocenters. The number of amides is 1. The molecule has 0 saturated heterocycles. The van der Waals surface area contributed by atoms with E-state index < -0.39 is 0 Å². The summed E-state index contributed by atoms with van der Waals surface area (Å²) in [6, 6.07) is 6.91. The number of hydrogen-bond acceptors (Lipinski definition) is 3. The third-order valence-electron chi connectivity index (χ3n) is 4.21. The molecule has 0 heterocycles. The third-order valence-corrected chi connectivity index (χ3v) is 4.54. The minimum Gasteiger partial charge on any atom is -0.325 e. The van der Waals surface area contributed by atoms with Gasteiger partial charge in [-0.2, -0.15) is 5.26 Å². The van der Waals surface area contributed by atoms with Crippen molar-refractivity contribution in [2.45, 2.75) is 44.1 Å². The Morgan fingerprint density at radius 3 is 2.71 bits per heavy atom. The normalized spacial score (nSPS) is 17.0. The van der Waals surface area contributed by atoms with Crippen molar-refractivity contribution in [3.63, 3.8) is 0 Å². The predicted molar refractivity (Wildman–Crippen MR) is 84.3 cm³/mol. The van der Waals surface area contributed by atoms with E-state index in [-0.39, 0.29) is 11.4 Å². The number of anilines is 1. The van der Waals surface area contributed by atoms with Crippen LogP contribution in [0.3, 0.4) is 0 Å². The molecule has 1 aromatic carbocycles. The van der Waals surface area contributed by atoms with Gasteiger partial charge >= 0.3 is 0 Å². The van der Waals surface area contributed by atoms with Crippen molar-refractivity contribution in [3.05, 3.63) is 28.8 Å². The molecule has 0 aliphatic heterocycles. The molecule has 0 radical (unpaired) electrons. The molecule has 4 nitrogen and oxygen atoms in total. The lowest BCUT2D eigenvalue weighted by molar-refractivity contribution is -0.117. The molecule has 21 heavy (non-hydrogen) atoms. The molecule has 1 aromatic rings. The largest absolute Gasteiger partial charge is 0.325 e. The molecule has 0 atom stereocenters. The van der Waals surface area contributed by atoms with E-state index in [9.17, 15) is 4.79 Å². The summed E-state index contributed by atoms with van der Waals surface area (Å²) in [5.74, 6) is -0.0664. The molecular formula is C16H20ClN3O. The van der Waals surface area contributed by atoms with Crippen molar-refractivity contribution in [3.8, 4) is 6.07 Å². The molecule has 1 amide bonds. The fourth-order valence-electron chi connectivity index (χ4n) is 2.94. The van der Waals surface area contributed by atoms with Gasteiger partial charge in [-0.1, -0.05) is 30.9 Å². The van der Waals surface area contributed by atoms with Crippen LogP contribution >= 0.6 is 11.6 Å². The van der Waals surface area contributed by atoms with Crippen molar-refractivity contribution < 1.29 is 4.79 Å². The van der Waals surface area contributed by atoms with E-state index in [1.54, 1.807) is 18.2 Å². The van der Waals surface area contributed by atoms with E-state index in [0.717, 1.165) is 25.7 Å². The van der Waals surface area contributed by atoms with E-state index in [0.29, 0.717) is 22.7 Å². The van der Waals surface area contributed by atoms with E-state index in [1.165, 1.54) is 6.42 Å². The topological polar surface area (TPSA) is 64.9 Å². The average molecular weight is 306 g/mol. The Morgan fingerprint density at radius 1 is 1.38 bits per heavy atom. The number of nitrogens with one attached hydrogen (secondary N) is 2. The quantitative estimate of drug-likeness (QED) is 0.895. The summed E-state index contributed by atoms with van der Waals surface area (Å²) in [7, 11) is 1.92. The number of carbonyl (C=O) groups is 1. The van der Waals surface area contributed by atoms with Crippen molar-refractivity contribution in [2.24, 2.45) is 0 Å². The Bertz CT molecular complexity index is 559. The van der Waals surface area contributed by atoms with Crippen LogP contribution in [0.15, 0.2) is 18.2 Å². The van der Waals surface area contributed by atoms with Crippen molar-refractivity contribution in [1.82, 2.24) is 5.32 Å². The number of rotatable bonds is 4. The Labute approximate surface area is 130 Å². The monoisotopic (exact) mass is 305 g/mol. The first-order chi connectivity index (χ1) is 10.1. The summed E-state index contributed by atoms with van der Waals surface area (Å²) in [6.07, 6.45) is 6.00. The first-order valence-electron chi connectivity index (χ1n) is 7.27. The molecule has 2 rings (SSSR count). The number of benzene rings is 1. The molecule has 112 valence electrons. The first-order valence-corrected chi connectivity index (χ1v) is 7.65. The fraction of sp³-hybridized carbons (Fsp3) is 0.500. The highest BCUT2D eigenvalue weighted by Gasteiger charge is 2.32. The first kappa shape index (κ1) is 15.8. The van der Waals surface area contributed by atoms with Crippen LogP contribution in [0.2, 0.25) is 5.02 Å². The number of hydrogen-bond donors (Lipinski definition) is 2. The molecule has 1 aliphatic rings. The highest BCUT2D eigenvalue weighted by Crippen LogP contribution is 2.31. The fourth-order valence-corrected chi connectivity index (χ4v) is 3.10. The van der Waals surface area contributed by atoms with Gasteiger partial charge in [-0.15, -0.1) is 0 Å². The van der Waals surface area contributed by atoms with Crippen LogP contribution in [0.1, 0.15) is 44.1 Å². The van der Waals surface area contributed by atoms with Gasteiger partial charge in [0.2, 0.25) is 5.91 Å². The molecule has 1 aliphatic carbocycles. The minimum absolute atomic E-state index is 0.0664. The lowest BCUT2D eigenvalue weighted by Crippen LogP contribution is -2.47. The molecule has 0 aromatic heterocycles. The standard InChI is InChI=1S/C16H20ClN3O/c1-19-16(7-3-2-4-8-16)10-15(21)20-14-9-12(11-18)5-6-13(14)17/h5-6,9,19H,2-4,7-8,10H2,1H3,(H,20,21). The number of halogens is 1. The second kappa shape index (κ2) is 6.93. The van der Waals surface area contributed by atoms with Crippen LogP contribution < -0.4 is 10.6 Å². The second-order valence-electron chi connectivity index (χ2n) is 5.62. The molecule has 0 bridgehead atoms. The van der Waals surface area contributed by atoms with Gasteiger partial charge in [-0.25, -0.2) is 0 Å². The highest BCUT2D eigenvalue weighted by molar-refractivity contribution is 6.33. The number of nitrogens with zero attached hydrogens (tertiary/aromatic N) is 1. The van der Waals surface area contributed by atoms with Crippen LogP contribution in [-0.4, -0.2) is 18.5 Å². The molecule has 2 N–H and O–H groups in total. The van der Waals surface area contributed by atoms with Gasteiger partial charge in [0, 0.05) is 12.0 Å². The summed E-state index contributed by atoms with van der Waals surface area (Å²) >= 11 is 6.07. The Morgan fingerprint density at radius 2 is 2.10 bits per heavy atom. The maximum atomic E-state index is 12.3. The summed E-state index contributed by atoms with van der Waals surface area (Å²) in [5.41, 5.74) is 0.875. The third kappa shape index (κ3) is 3.96. The van der Waals surface area contributed by atoms with Gasteiger partial charge in [0.1, 0.15) is 0 Å². The lowest BCUT2D eigenvalue weighted by Gasteiger charge is -2.36. The molecular weight excluding hydrogens is 286 g/mol. The van der Waals surface area contributed by atoms with E-state index in [1.807, 2.05) is 13.1 Å². The van der Waals surface area contributed by atoms with Crippen molar-refractivity contribution in [2.75, 3.05) is 12.4 Å². The minimum atomic E-state index is -0.109. The zero-order valence-corrected chi connectivity index (χ0v) is 13.0. The second-order valence-corrected chi connectivity index (χ2v) is 6.03. The summed E-state index contributed by atoms with van der Waals surface area (Å²) < 4.78 is 0. The smallest absolute Gasteiger partial charge is 0.226 e. The van der Waals surface area contributed by atoms with Gasteiger partial charge in [-0.3, -0.25) is 4.79 Å². The SMILES string of the molecule is CNC1(CC(=O)Nc2cc(C#N)ccc2Cl)CCCCC1. The van der Waals surface area contributed by atoms with Crippen LogP contribution in [0.25, 0.3) is 0 Å². The van der Waals surface area contributed by atoms with Crippen LogP contribution in [-0.2, 0) is 4.79 Å². The van der Waals surface area contributed by atoms with Crippen molar-refractivity contribution in [1.29, 1.82) is 5.26 Å². The Balaban J connectivity index is 2.06. The average Bonchev–Trinajstić information content (AvgIpc) is 2.50. The van der Waals surface area contributed by atoms with Crippen LogP contribution in [0, 0.1) is 11.3 Å². The Hall–Kier alpha value is -1.57. The number of nitriles is 1. The summed E-state index contributed by atoms with van der Waals surface area (Å²) in [6.45, 7) is 0. The zero-order chi connectivity index (χ0) is 15.3. The maximum Gasteiger partial charge on any atom is 0.226 e. The predicted octanol–water partition coefficient (Wildman–Crippen LogP) is 3.46. The molecule has 1 fully saturated rings. The highest BCUT2D eigenvalue weighted by atomic mass is 35.5. The summed E-state index contributed by atoms with van der Waals surface area (Å²) in [4.78, 5) is 12.3. The van der Waals surface area contributed by atoms with Gasteiger partial charge in [-0.05, 0) is 38.1 Å². The van der Waals surface area contributed by atoms with Gasteiger partial charge in [0.05, 0.1) is 22.3 Å². The molecule has 5 heteroatoms. The maximum absolute atomic E-state index is 12.3. The Kier molecular flexibility index (Phi) is 5.22. The number of carbonyl (C=O) groups excluding carboxylic acids is 1. The zero-order valence-electron chi connectivity index (χ0n) is 12.2. The van der Waals surface area contributed by atoms with E-state index in [2.05, 4.69) is 10.6 Å². The van der Waals surface area contributed by atoms with Crippen molar-refractivity contribution >= 4 is 23.2 Å². The molecule has 0 spiro atoms. The van der Waals surface area contributed by atoms with Crippen LogP contribution in [0.5, 0.6) is 0 Å². The van der Waals surface area contributed by atoms with Gasteiger partial charge in [0.25, 0.3) is 0 Å². The molecule has 1 saturated carbocycles. The lowest BCUT2D eigenvalue weighted by atomic mass is 9.79. The van der Waals surface area contributed by atoms with E-state index >= 15 is 0 Å². The van der Waals surface area contributed by atoms with Crippen LogP contribution in [0.4, 0.5) is 5.69 Å². The van der Waals surface area contributed by atoms with E-state index in [4.69, 9.17) is 16.9 Å². The van der Waals surface area contributed by atoms with Gasteiger partial charge in [0.15, 0.2) is 0 Å². The summed E-state index contributed by atoms with van der Waals surface area (Å²) in [5, 5.41) is 15.5. The van der Waals surface area contributed by atoms with Gasteiger partial charge < -0.3 is 10.6 Å².